The van der Waals surface area contributed by atoms with Crippen LogP contribution in [0.15, 0.2) is 30.3 Å². The van der Waals surface area contributed by atoms with E-state index in [-0.39, 0.29) is 5.54 Å². The van der Waals surface area contributed by atoms with Gasteiger partial charge in [0.05, 0.1) is 5.54 Å². The zero-order valence-electron chi connectivity index (χ0n) is 12.2. The molecule has 1 aliphatic heterocycles. The SMILES string of the molecule is CC1CN(C2CCCC2)C(C)(c2ccccc2)CN1. The number of benzene rings is 1. The molecule has 1 saturated carbocycles. The van der Waals surface area contributed by atoms with Gasteiger partial charge in [0.25, 0.3) is 0 Å². The topological polar surface area (TPSA) is 15.3 Å². The summed E-state index contributed by atoms with van der Waals surface area (Å²) < 4.78 is 0. The molecule has 0 amide bonds. The fraction of sp³-hybridized carbons (Fsp3) is 0.647. The van der Waals surface area contributed by atoms with Gasteiger partial charge in [-0.25, -0.2) is 0 Å². The monoisotopic (exact) mass is 258 g/mol. The molecule has 0 bridgehead atoms. The van der Waals surface area contributed by atoms with E-state index in [0.29, 0.717) is 6.04 Å². The molecule has 1 aromatic rings. The maximum Gasteiger partial charge on any atom is 0.0560 e. The Balaban J connectivity index is 1.91. The summed E-state index contributed by atoms with van der Waals surface area (Å²) in [5.74, 6) is 0. The van der Waals surface area contributed by atoms with Crippen molar-refractivity contribution in [2.24, 2.45) is 0 Å². The van der Waals surface area contributed by atoms with Crippen LogP contribution in [0, 0.1) is 0 Å². The van der Waals surface area contributed by atoms with Crippen LogP contribution in [-0.2, 0) is 5.54 Å². The fourth-order valence-corrected chi connectivity index (χ4v) is 3.87. The predicted molar refractivity (Wildman–Crippen MR) is 80.2 cm³/mol. The van der Waals surface area contributed by atoms with Crippen LogP contribution in [0.4, 0.5) is 0 Å². The van der Waals surface area contributed by atoms with Crippen molar-refractivity contribution >= 4 is 0 Å². The van der Waals surface area contributed by atoms with Crippen LogP contribution in [0.3, 0.4) is 0 Å². The first-order valence-corrected chi connectivity index (χ1v) is 7.76. The summed E-state index contributed by atoms with van der Waals surface area (Å²) >= 11 is 0. The summed E-state index contributed by atoms with van der Waals surface area (Å²) in [5.41, 5.74) is 1.62. The smallest absolute Gasteiger partial charge is 0.0560 e. The molecule has 2 nitrogen and oxygen atoms in total. The predicted octanol–water partition coefficient (Wildman–Crippen LogP) is 3.14. The van der Waals surface area contributed by atoms with Crippen LogP contribution >= 0.6 is 0 Å². The van der Waals surface area contributed by atoms with Crippen molar-refractivity contribution in [1.82, 2.24) is 10.2 Å². The number of hydrogen-bond donors (Lipinski definition) is 1. The Morgan fingerprint density at radius 3 is 2.53 bits per heavy atom. The molecule has 0 spiro atoms. The summed E-state index contributed by atoms with van der Waals surface area (Å²) in [6.45, 7) is 6.97. The van der Waals surface area contributed by atoms with Crippen molar-refractivity contribution in [2.45, 2.75) is 57.2 Å². The average molecular weight is 258 g/mol. The van der Waals surface area contributed by atoms with Gasteiger partial charge in [-0.2, -0.15) is 0 Å². The van der Waals surface area contributed by atoms with Gasteiger partial charge in [-0.15, -0.1) is 0 Å². The van der Waals surface area contributed by atoms with E-state index in [1.54, 1.807) is 0 Å². The van der Waals surface area contributed by atoms with Crippen molar-refractivity contribution < 1.29 is 0 Å². The van der Waals surface area contributed by atoms with E-state index in [2.05, 4.69) is 54.4 Å². The lowest BCUT2D eigenvalue weighted by Gasteiger charge is -2.50. The first-order valence-electron chi connectivity index (χ1n) is 7.76. The molecule has 3 rings (SSSR count). The maximum absolute atomic E-state index is 3.68. The van der Waals surface area contributed by atoms with Crippen molar-refractivity contribution in [3.05, 3.63) is 35.9 Å². The molecule has 1 aromatic carbocycles. The molecule has 2 aliphatic rings. The molecule has 2 fully saturated rings. The quantitative estimate of drug-likeness (QED) is 0.876. The molecule has 2 unspecified atom stereocenters. The van der Waals surface area contributed by atoms with Crippen molar-refractivity contribution in [1.29, 1.82) is 0 Å². The summed E-state index contributed by atoms with van der Waals surface area (Å²) in [6, 6.07) is 12.4. The maximum atomic E-state index is 3.68. The molecular formula is C17H26N2. The third-order valence-electron chi connectivity index (χ3n) is 5.06. The molecule has 0 radical (unpaired) electrons. The van der Waals surface area contributed by atoms with Gasteiger partial charge in [-0.3, -0.25) is 4.90 Å². The third kappa shape index (κ3) is 2.44. The van der Waals surface area contributed by atoms with E-state index < -0.39 is 0 Å². The molecular weight excluding hydrogens is 232 g/mol. The standard InChI is InChI=1S/C17H26N2/c1-14-12-19(16-10-6-7-11-16)17(2,13-18-14)15-8-4-3-5-9-15/h3-5,8-9,14,16,18H,6-7,10-13H2,1-2H3. The van der Waals surface area contributed by atoms with Gasteiger partial charge < -0.3 is 5.32 Å². The number of nitrogens with zero attached hydrogens (tertiary/aromatic N) is 1. The van der Waals surface area contributed by atoms with Gasteiger partial charge in [0, 0.05) is 25.2 Å². The van der Waals surface area contributed by atoms with Crippen molar-refractivity contribution in [2.75, 3.05) is 13.1 Å². The largest absolute Gasteiger partial charge is 0.311 e. The van der Waals surface area contributed by atoms with Gasteiger partial charge in [-0.05, 0) is 32.3 Å². The van der Waals surface area contributed by atoms with Crippen molar-refractivity contribution in [3.63, 3.8) is 0 Å². The molecule has 1 heterocycles. The van der Waals surface area contributed by atoms with Crippen LogP contribution in [0.1, 0.15) is 45.1 Å². The summed E-state index contributed by atoms with van der Waals surface area (Å²) in [7, 11) is 0. The Hall–Kier alpha value is -0.860. The van der Waals surface area contributed by atoms with Gasteiger partial charge in [0.1, 0.15) is 0 Å². The van der Waals surface area contributed by atoms with Gasteiger partial charge >= 0.3 is 0 Å². The highest BCUT2D eigenvalue weighted by Crippen LogP contribution is 2.37. The van der Waals surface area contributed by atoms with Gasteiger partial charge in [0.15, 0.2) is 0 Å². The van der Waals surface area contributed by atoms with E-state index in [4.69, 9.17) is 0 Å². The zero-order valence-corrected chi connectivity index (χ0v) is 12.2. The Morgan fingerprint density at radius 1 is 1.16 bits per heavy atom. The van der Waals surface area contributed by atoms with Gasteiger partial charge in [0.2, 0.25) is 0 Å². The van der Waals surface area contributed by atoms with Crippen LogP contribution in [0.25, 0.3) is 0 Å². The van der Waals surface area contributed by atoms with E-state index in [0.717, 1.165) is 12.6 Å². The molecule has 2 heteroatoms. The zero-order chi connectivity index (χ0) is 13.3. The van der Waals surface area contributed by atoms with Crippen LogP contribution in [0.2, 0.25) is 0 Å². The molecule has 1 saturated heterocycles. The van der Waals surface area contributed by atoms with Crippen LogP contribution in [-0.4, -0.2) is 30.1 Å². The molecule has 2 atom stereocenters. The lowest BCUT2D eigenvalue weighted by molar-refractivity contribution is 0.0149. The van der Waals surface area contributed by atoms with E-state index >= 15 is 0 Å². The number of rotatable bonds is 2. The first kappa shape index (κ1) is 13.1. The lowest BCUT2D eigenvalue weighted by atomic mass is 9.85. The van der Waals surface area contributed by atoms with E-state index in [9.17, 15) is 0 Å². The van der Waals surface area contributed by atoms with Gasteiger partial charge in [-0.1, -0.05) is 43.2 Å². The second-order valence-corrected chi connectivity index (χ2v) is 6.51. The van der Waals surface area contributed by atoms with Crippen LogP contribution < -0.4 is 5.32 Å². The minimum Gasteiger partial charge on any atom is -0.311 e. The summed E-state index contributed by atoms with van der Waals surface area (Å²) in [6.07, 6.45) is 5.59. The average Bonchev–Trinajstić information content (AvgIpc) is 2.96. The van der Waals surface area contributed by atoms with E-state index in [1.807, 2.05) is 0 Å². The highest BCUT2D eigenvalue weighted by molar-refractivity contribution is 5.26. The fourth-order valence-electron chi connectivity index (χ4n) is 3.87. The highest BCUT2D eigenvalue weighted by Gasteiger charge is 2.42. The molecule has 104 valence electrons. The number of nitrogens with one attached hydrogen (secondary N) is 1. The second kappa shape index (κ2) is 5.26. The Labute approximate surface area is 117 Å². The van der Waals surface area contributed by atoms with Crippen LogP contribution in [0.5, 0.6) is 0 Å². The number of piperazine rings is 1. The summed E-state index contributed by atoms with van der Waals surface area (Å²) in [5, 5.41) is 3.68. The molecule has 1 aliphatic carbocycles. The van der Waals surface area contributed by atoms with Crippen molar-refractivity contribution in [3.8, 4) is 0 Å². The first-order chi connectivity index (χ1) is 9.20. The molecule has 1 N–H and O–H groups in total. The number of hydrogen-bond acceptors (Lipinski definition) is 2. The minimum atomic E-state index is 0.156. The summed E-state index contributed by atoms with van der Waals surface area (Å²) in [4.78, 5) is 2.79. The minimum absolute atomic E-state index is 0.156. The Bertz CT molecular complexity index is 411. The third-order valence-corrected chi connectivity index (χ3v) is 5.06. The highest BCUT2D eigenvalue weighted by atomic mass is 15.3. The normalized spacial score (nSPS) is 33.7. The Morgan fingerprint density at radius 2 is 1.84 bits per heavy atom. The van der Waals surface area contributed by atoms with E-state index in [1.165, 1.54) is 37.8 Å². The molecule has 19 heavy (non-hydrogen) atoms. The second-order valence-electron chi connectivity index (χ2n) is 6.51. The lowest BCUT2D eigenvalue weighted by Crippen LogP contribution is -2.63. The Kier molecular flexibility index (Phi) is 3.64. The molecule has 0 aromatic heterocycles.